The normalized spacial score (nSPS) is 21.2. The van der Waals surface area contributed by atoms with E-state index in [-0.39, 0.29) is 17.9 Å². The number of hydrogen-bond donors (Lipinski definition) is 1. The Morgan fingerprint density at radius 3 is 2.89 bits per heavy atom. The molecule has 1 aromatic carbocycles. The summed E-state index contributed by atoms with van der Waals surface area (Å²) >= 11 is 0. The molecule has 0 radical (unpaired) electrons. The smallest absolute Gasteiger partial charge is 0.223 e. The van der Waals surface area contributed by atoms with Crippen LogP contribution in [0.2, 0.25) is 0 Å². The molecule has 1 amide bonds. The van der Waals surface area contributed by atoms with E-state index in [0.29, 0.717) is 13.0 Å². The molecule has 0 spiro atoms. The second kappa shape index (κ2) is 6.20. The highest BCUT2D eigenvalue weighted by atomic mass is 16.3. The maximum absolute atomic E-state index is 12.3. The Bertz CT molecular complexity index is 444. The summed E-state index contributed by atoms with van der Waals surface area (Å²) < 4.78 is 0. The Hall–Kier alpha value is -1.35. The number of carbonyl (C=O) groups is 1. The van der Waals surface area contributed by atoms with Crippen LogP contribution < -0.4 is 0 Å². The molecule has 1 aromatic rings. The highest BCUT2D eigenvalue weighted by molar-refractivity contribution is 5.77. The first-order valence-electron chi connectivity index (χ1n) is 7.09. The Labute approximate surface area is 115 Å². The van der Waals surface area contributed by atoms with Gasteiger partial charge in [0.15, 0.2) is 0 Å². The average Bonchev–Trinajstić information content (AvgIpc) is 2.39. The number of hydrogen-bond acceptors (Lipinski definition) is 2. The third-order valence-electron chi connectivity index (χ3n) is 3.95. The van der Waals surface area contributed by atoms with E-state index in [1.165, 1.54) is 11.1 Å². The van der Waals surface area contributed by atoms with Crippen molar-refractivity contribution in [2.75, 3.05) is 13.1 Å². The molecule has 2 atom stereocenters. The Balaban J connectivity index is 1.97. The van der Waals surface area contributed by atoms with E-state index in [2.05, 4.69) is 26.0 Å². The molecule has 2 unspecified atom stereocenters. The molecule has 0 aliphatic carbocycles. The van der Waals surface area contributed by atoms with Crippen LogP contribution in [0.15, 0.2) is 24.3 Å². The van der Waals surface area contributed by atoms with Crippen LogP contribution >= 0.6 is 0 Å². The first-order valence-corrected chi connectivity index (χ1v) is 7.09. The van der Waals surface area contributed by atoms with Crippen LogP contribution in [0.4, 0.5) is 0 Å². The van der Waals surface area contributed by atoms with Crippen LogP contribution in [-0.4, -0.2) is 35.1 Å². The van der Waals surface area contributed by atoms with Gasteiger partial charge in [0.1, 0.15) is 0 Å². The van der Waals surface area contributed by atoms with Crippen LogP contribution in [0.5, 0.6) is 0 Å². The molecule has 1 aliphatic heterocycles. The third kappa shape index (κ3) is 3.57. The van der Waals surface area contributed by atoms with Gasteiger partial charge in [-0.25, -0.2) is 0 Å². The number of piperidine rings is 1. The summed E-state index contributed by atoms with van der Waals surface area (Å²) in [5.41, 5.74) is 2.48. The molecule has 1 saturated heterocycles. The van der Waals surface area contributed by atoms with Crippen LogP contribution in [0.25, 0.3) is 0 Å². The lowest BCUT2D eigenvalue weighted by Crippen LogP contribution is -2.42. The number of rotatable bonds is 3. The highest BCUT2D eigenvalue weighted by Gasteiger charge is 2.23. The molecular formula is C16H23NO2. The van der Waals surface area contributed by atoms with Crippen LogP contribution in [0.3, 0.4) is 0 Å². The zero-order valence-electron chi connectivity index (χ0n) is 11.8. The second-order valence-electron chi connectivity index (χ2n) is 5.60. The van der Waals surface area contributed by atoms with E-state index >= 15 is 0 Å². The van der Waals surface area contributed by atoms with E-state index in [9.17, 15) is 9.90 Å². The molecule has 3 heteroatoms. The molecule has 3 nitrogen and oxygen atoms in total. The minimum absolute atomic E-state index is 0.162. The van der Waals surface area contributed by atoms with Crippen molar-refractivity contribution < 1.29 is 9.90 Å². The quantitative estimate of drug-likeness (QED) is 0.908. The molecule has 0 aromatic heterocycles. The van der Waals surface area contributed by atoms with Crippen molar-refractivity contribution in [1.82, 2.24) is 4.90 Å². The van der Waals surface area contributed by atoms with Crippen molar-refractivity contribution >= 4 is 5.91 Å². The first kappa shape index (κ1) is 14.1. The van der Waals surface area contributed by atoms with Gasteiger partial charge in [-0.2, -0.15) is 0 Å². The zero-order valence-corrected chi connectivity index (χ0v) is 11.8. The van der Waals surface area contributed by atoms with Crippen molar-refractivity contribution in [3.63, 3.8) is 0 Å². The van der Waals surface area contributed by atoms with E-state index < -0.39 is 0 Å². The molecule has 1 N–H and O–H groups in total. The average molecular weight is 261 g/mol. The van der Waals surface area contributed by atoms with Gasteiger partial charge in [-0.1, -0.05) is 31.2 Å². The van der Waals surface area contributed by atoms with E-state index in [4.69, 9.17) is 0 Å². The lowest BCUT2D eigenvalue weighted by atomic mass is 9.93. The molecule has 1 fully saturated rings. The maximum Gasteiger partial charge on any atom is 0.223 e. The van der Waals surface area contributed by atoms with Gasteiger partial charge in [0.25, 0.3) is 0 Å². The molecular weight excluding hydrogens is 238 g/mol. The number of aliphatic hydroxyl groups excluding tert-OH is 1. The van der Waals surface area contributed by atoms with Gasteiger partial charge in [0, 0.05) is 19.5 Å². The van der Waals surface area contributed by atoms with Crippen LogP contribution in [0.1, 0.15) is 43.2 Å². The van der Waals surface area contributed by atoms with Crippen molar-refractivity contribution in [1.29, 1.82) is 0 Å². The second-order valence-corrected chi connectivity index (χ2v) is 5.60. The van der Waals surface area contributed by atoms with Gasteiger partial charge in [-0.15, -0.1) is 0 Å². The SMILES string of the molecule is Cc1ccccc1C(C)CC(=O)N1CCCC(O)C1. The molecule has 104 valence electrons. The Kier molecular flexibility index (Phi) is 4.59. The van der Waals surface area contributed by atoms with Gasteiger partial charge >= 0.3 is 0 Å². The predicted molar refractivity (Wildman–Crippen MR) is 76.0 cm³/mol. The number of amides is 1. The fourth-order valence-corrected chi connectivity index (χ4v) is 2.82. The zero-order chi connectivity index (χ0) is 13.8. The van der Waals surface area contributed by atoms with Crippen LogP contribution in [-0.2, 0) is 4.79 Å². The summed E-state index contributed by atoms with van der Waals surface area (Å²) in [4.78, 5) is 14.1. The summed E-state index contributed by atoms with van der Waals surface area (Å²) in [6.45, 7) is 5.47. The lowest BCUT2D eigenvalue weighted by molar-refractivity contribution is -0.134. The van der Waals surface area contributed by atoms with Gasteiger partial charge in [0.05, 0.1) is 6.10 Å². The first-order chi connectivity index (χ1) is 9.08. The third-order valence-corrected chi connectivity index (χ3v) is 3.95. The Morgan fingerprint density at radius 1 is 1.47 bits per heavy atom. The van der Waals surface area contributed by atoms with E-state index in [1.54, 1.807) is 0 Å². The maximum atomic E-state index is 12.3. The highest BCUT2D eigenvalue weighted by Crippen LogP contribution is 2.24. The summed E-state index contributed by atoms with van der Waals surface area (Å²) in [6, 6.07) is 8.22. The van der Waals surface area contributed by atoms with E-state index in [1.807, 2.05) is 17.0 Å². The summed E-state index contributed by atoms with van der Waals surface area (Å²) in [5, 5.41) is 9.63. The number of benzene rings is 1. The topological polar surface area (TPSA) is 40.5 Å². The standard InChI is InChI=1S/C16H23NO2/c1-12-6-3-4-8-15(12)13(2)10-16(19)17-9-5-7-14(18)11-17/h3-4,6,8,13-14,18H,5,7,9-11H2,1-2H3. The lowest BCUT2D eigenvalue weighted by Gasteiger charge is -2.31. The molecule has 19 heavy (non-hydrogen) atoms. The number of aliphatic hydroxyl groups is 1. The number of carbonyl (C=O) groups excluding carboxylic acids is 1. The van der Waals surface area contributed by atoms with E-state index in [0.717, 1.165) is 19.4 Å². The largest absolute Gasteiger partial charge is 0.391 e. The van der Waals surface area contributed by atoms with Crippen molar-refractivity contribution in [2.24, 2.45) is 0 Å². The number of aryl methyl sites for hydroxylation is 1. The number of β-amino-alcohol motifs (C(OH)–C–C–N with tert-alkyl or cyclic N) is 1. The van der Waals surface area contributed by atoms with Gasteiger partial charge in [0.2, 0.25) is 5.91 Å². The fraction of sp³-hybridized carbons (Fsp3) is 0.562. The van der Waals surface area contributed by atoms with Gasteiger partial charge in [-0.3, -0.25) is 4.79 Å². The number of nitrogens with zero attached hydrogens (tertiary/aromatic N) is 1. The van der Waals surface area contributed by atoms with Gasteiger partial charge in [-0.05, 0) is 36.8 Å². The number of likely N-dealkylation sites (tertiary alicyclic amines) is 1. The summed E-state index contributed by atoms with van der Waals surface area (Å²) in [5.74, 6) is 0.391. The van der Waals surface area contributed by atoms with Crippen molar-refractivity contribution in [3.8, 4) is 0 Å². The molecule has 0 bridgehead atoms. The fourth-order valence-electron chi connectivity index (χ4n) is 2.82. The monoisotopic (exact) mass is 261 g/mol. The molecule has 2 rings (SSSR count). The minimum atomic E-state index is -0.341. The van der Waals surface area contributed by atoms with Gasteiger partial charge < -0.3 is 10.0 Å². The Morgan fingerprint density at radius 2 is 2.21 bits per heavy atom. The summed E-state index contributed by atoms with van der Waals surface area (Å²) in [7, 11) is 0. The van der Waals surface area contributed by atoms with Crippen LogP contribution in [0, 0.1) is 6.92 Å². The van der Waals surface area contributed by atoms with Crippen molar-refractivity contribution in [2.45, 2.75) is 45.1 Å². The molecule has 1 aliphatic rings. The predicted octanol–water partition coefficient (Wildman–Crippen LogP) is 2.47. The minimum Gasteiger partial charge on any atom is -0.391 e. The summed E-state index contributed by atoms with van der Waals surface area (Å²) in [6.07, 6.45) is 1.91. The molecule has 1 heterocycles. The molecule has 0 saturated carbocycles. The van der Waals surface area contributed by atoms with Crippen molar-refractivity contribution in [3.05, 3.63) is 35.4 Å².